The lowest BCUT2D eigenvalue weighted by Gasteiger charge is -2.14. The highest BCUT2D eigenvalue weighted by molar-refractivity contribution is 7.99. The molecule has 1 unspecified atom stereocenters. The Bertz CT molecular complexity index is 1230. The Balaban J connectivity index is 1.31. The number of ether oxygens (including phenoxy) is 1. The molecule has 35 heavy (non-hydrogen) atoms. The molecule has 0 radical (unpaired) electrons. The van der Waals surface area contributed by atoms with E-state index < -0.39 is 0 Å². The Labute approximate surface area is 217 Å². The van der Waals surface area contributed by atoms with Crippen molar-refractivity contribution in [1.29, 1.82) is 5.26 Å². The first-order chi connectivity index (χ1) is 17.2. The molecule has 0 aromatic carbocycles. The first-order valence-corrected chi connectivity index (χ1v) is 14.9. The van der Waals surface area contributed by atoms with Crippen molar-refractivity contribution in [3.05, 3.63) is 32.3 Å². The summed E-state index contributed by atoms with van der Waals surface area (Å²) in [5.74, 6) is 0.911. The minimum atomic E-state index is -0.125. The van der Waals surface area contributed by atoms with Crippen LogP contribution in [0.2, 0.25) is 0 Å². The summed E-state index contributed by atoms with van der Waals surface area (Å²) in [5.41, 5.74) is 2.85. The highest BCUT2D eigenvalue weighted by Gasteiger charge is 2.24. The number of fused-ring (bicyclic) bond motifs is 1. The van der Waals surface area contributed by atoms with E-state index in [0.717, 1.165) is 73.7 Å². The number of nitriles is 1. The third-order valence-corrected chi connectivity index (χ3v) is 9.76. The van der Waals surface area contributed by atoms with Gasteiger partial charge in [-0.05, 0) is 56.6 Å². The normalized spacial score (nSPS) is 17.7. The average Bonchev–Trinajstić information content (AvgIpc) is 3.64. The second-order valence-electron chi connectivity index (χ2n) is 8.92. The van der Waals surface area contributed by atoms with Crippen LogP contribution in [0.1, 0.15) is 59.9 Å². The molecular formula is C25H29N5O2S3. The van der Waals surface area contributed by atoms with Crippen LogP contribution in [0.25, 0.3) is 11.4 Å². The van der Waals surface area contributed by atoms with E-state index >= 15 is 0 Å². The molecule has 1 fully saturated rings. The van der Waals surface area contributed by atoms with E-state index in [1.54, 1.807) is 22.7 Å². The number of hydrogen-bond acceptors (Lipinski definition) is 8. The fourth-order valence-corrected chi connectivity index (χ4v) is 7.51. The zero-order chi connectivity index (χ0) is 24.2. The van der Waals surface area contributed by atoms with Crippen molar-refractivity contribution >= 4 is 45.3 Å². The van der Waals surface area contributed by atoms with Crippen LogP contribution in [-0.2, 0) is 35.3 Å². The van der Waals surface area contributed by atoms with Gasteiger partial charge in [-0.2, -0.15) is 5.26 Å². The van der Waals surface area contributed by atoms with Crippen LogP contribution >= 0.6 is 34.4 Å². The number of carbonyl (C=O) groups is 1. The molecule has 10 heteroatoms. The van der Waals surface area contributed by atoms with Gasteiger partial charge in [0.05, 0.1) is 24.0 Å². The maximum Gasteiger partial charge on any atom is 0.235 e. The first kappa shape index (κ1) is 24.5. The number of carbonyl (C=O) groups excluding carboxylic acids is 1. The van der Waals surface area contributed by atoms with Gasteiger partial charge in [-0.3, -0.25) is 9.36 Å². The van der Waals surface area contributed by atoms with Crippen LogP contribution in [0, 0.1) is 11.3 Å². The summed E-state index contributed by atoms with van der Waals surface area (Å²) in [6.45, 7) is 3.62. The van der Waals surface area contributed by atoms with Gasteiger partial charge in [-0.25, -0.2) is 0 Å². The van der Waals surface area contributed by atoms with Gasteiger partial charge in [-0.15, -0.1) is 32.9 Å². The molecule has 1 N–H and O–H groups in total. The number of thiophene rings is 2. The molecule has 2 aliphatic rings. The lowest BCUT2D eigenvalue weighted by Crippen LogP contribution is -2.18. The Morgan fingerprint density at radius 1 is 1.31 bits per heavy atom. The fourth-order valence-electron chi connectivity index (χ4n) is 4.69. The second-order valence-corrected chi connectivity index (χ2v) is 12.0. The van der Waals surface area contributed by atoms with Crippen LogP contribution in [0.15, 0.2) is 16.6 Å². The highest BCUT2D eigenvalue weighted by Crippen LogP contribution is 2.37. The minimum absolute atomic E-state index is 0.125. The predicted octanol–water partition coefficient (Wildman–Crippen LogP) is 5.68. The van der Waals surface area contributed by atoms with E-state index in [1.165, 1.54) is 27.9 Å². The van der Waals surface area contributed by atoms with E-state index in [-0.39, 0.29) is 17.8 Å². The molecule has 3 aromatic heterocycles. The molecule has 1 aliphatic carbocycles. The third-order valence-electron chi connectivity index (χ3n) is 6.51. The lowest BCUT2D eigenvalue weighted by atomic mass is 10.1. The van der Waals surface area contributed by atoms with Crippen molar-refractivity contribution in [2.45, 2.75) is 76.1 Å². The molecule has 184 valence electrons. The predicted molar refractivity (Wildman–Crippen MR) is 141 cm³/mol. The monoisotopic (exact) mass is 527 g/mol. The van der Waals surface area contributed by atoms with Crippen LogP contribution in [-0.4, -0.2) is 39.1 Å². The van der Waals surface area contributed by atoms with Gasteiger partial charge in [0, 0.05) is 27.3 Å². The van der Waals surface area contributed by atoms with Crippen LogP contribution in [0.3, 0.4) is 0 Å². The van der Waals surface area contributed by atoms with Gasteiger partial charge in [-0.1, -0.05) is 25.1 Å². The summed E-state index contributed by atoms with van der Waals surface area (Å²) in [6.07, 6.45) is 8.59. The molecule has 3 aromatic rings. The highest BCUT2D eigenvalue weighted by atomic mass is 32.2. The SMILES string of the molecule is CCc1cc(-c2nnc(SCC(=O)Nc3sc4c(c3C#N)CCCCC4)n2CC2CCCO2)cs1. The second kappa shape index (κ2) is 11.2. The molecule has 1 amide bonds. The summed E-state index contributed by atoms with van der Waals surface area (Å²) in [6, 6.07) is 4.51. The van der Waals surface area contributed by atoms with Gasteiger partial charge >= 0.3 is 0 Å². The Kier molecular flexibility index (Phi) is 7.88. The van der Waals surface area contributed by atoms with Gasteiger partial charge in [0.15, 0.2) is 11.0 Å². The van der Waals surface area contributed by atoms with E-state index in [0.29, 0.717) is 17.1 Å². The molecule has 5 rings (SSSR count). The fraction of sp³-hybridized carbons (Fsp3) is 0.520. The number of amides is 1. The molecule has 0 bridgehead atoms. The average molecular weight is 528 g/mol. The van der Waals surface area contributed by atoms with Crippen molar-refractivity contribution in [3.8, 4) is 17.5 Å². The molecule has 0 saturated carbocycles. The lowest BCUT2D eigenvalue weighted by molar-refractivity contribution is -0.113. The van der Waals surface area contributed by atoms with Gasteiger partial charge in [0.25, 0.3) is 0 Å². The first-order valence-electron chi connectivity index (χ1n) is 12.3. The van der Waals surface area contributed by atoms with Gasteiger partial charge < -0.3 is 10.1 Å². The molecular weight excluding hydrogens is 499 g/mol. The molecule has 1 aliphatic heterocycles. The molecule has 1 saturated heterocycles. The molecule has 4 heterocycles. The maximum atomic E-state index is 12.9. The summed E-state index contributed by atoms with van der Waals surface area (Å²) in [5, 5.41) is 25.2. The number of rotatable bonds is 8. The van der Waals surface area contributed by atoms with E-state index in [9.17, 15) is 10.1 Å². The summed E-state index contributed by atoms with van der Waals surface area (Å²) >= 11 is 4.68. The quantitative estimate of drug-likeness (QED) is 0.299. The zero-order valence-corrected chi connectivity index (χ0v) is 22.3. The van der Waals surface area contributed by atoms with Crippen molar-refractivity contribution in [3.63, 3.8) is 0 Å². The Morgan fingerprint density at radius 2 is 2.20 bits per heavy atom. The minimum Gasteiger partial charge on any atom is -0.376 e. The number of aromatic nitrogens is 3. The van der Waals surface area contributed by atoms with Crippen molar-refractivity contribution in [2.75, 3.05) is 17.7 Å². The van der Waals surface area contributed by atoms with E-state index in [4.69, 9.17) is 4.74 Å². The molecule has 1 atom stereocenters. The number of hydrogen-bond donors (Lipinski definition) is 1. The maximum absolute atomic E-state index is 12.9. The van der Waals surface area contributed by atoms with E-state index in [2.05, 4.69) is 44.5 Å². The van der Waals surface area contributed by atoms with Crippen molar-refractivity contribution < 1.29 is 9.53 Å². The van der Waals surface area contributed by atoms with E-state index in [1.807, 2.05) is 0 Å². The van der Waals surface area contributed by atoms with Crippen LogP contribution < -0.4 is 5.32 Å². The number of thioether (sulfide) groups is 1. The van der Waals surface area contributed by atoms with Crippen LogP contribution in [0.4, 0.5) is 5.00 Å². The van der Waals surface area contributed by atoms with Crippen molar-refractivity contribution in [2.24, 2.45) is 0 Å². The van der Waals surface area contributed by atoms with Gasteiger partial charge in [0.1, 0.15) is 11.1 Å². The summed E-state index contributed by atoms with van der Waals surface area (Å²) < 4.78 is 7.99. The Hall–Kier alpha value is -2.19. The Morgan fingerprint density at radius 3 is 2.97 bits per heavy atom. The summed E-state index contributed by atoms with van der Waals surface area (Å²) in [4.78, 5) is 15.5. The van der Waals surface area contributed by atoms with Gasteiger partial charge in [0.2, 0.25) is 5.91 Å². The van der Waals surface area contributed by atoms with Crippen LogP contribution in [0.5, 0.6) is 0 Å². The molecule has 7 nitrogen and oxygen atoms in total. The summed E-state index contributed by atoms with van der Waals surface area (Å²) in [7, 11) is 0. The van der Waals surface area contributed by atoms with Crippen molar-refractivity contribution in [1.82, 2.24) is 14.8 Å². The molecule has 0 spiro atoms. The smallest absolute Gasteiger partial charge is 0.235 e. The standard InChI is InChI=1S/C25H29N5O2S3/c1-2-18-11-16(14-33-18)23-28-29-25(30(23)13-17-7-6-10-32-17)34-15-22(31)27-24-20(12-26)19-8-4-3-5-9-21(19)35-24/h11,14,17H,2-10,13,15H2,1H3,(H,27,31). The number of nitrogens with one attached hydrogen (secondary N) is 1. The largest absolute Gasteiger partial charge is 0.376 e. The number of aryl methyl sites for hydroxylation is 2. The number of anilines is 1. The third kappa shape index (κ3) is 5.48. The number of nitrogens with zero attached hydrogens (tertiary/aromatic N) is 4. The zero-order valence-electron chi connectivity index (χ0n) is 19.8. The topological polar surface area (TPSA) is 92.8 Å².